The number of carboxylic acid groups (broad SMARTS) is 1. The van der Waals surface area contributed by atoms with E-state index in [1.54, 1.807) is 13.0 Å². The number of amides is 1. The molecule has 1 aromatic carbocycles. The van der Waals surface area contributed by atoms with Crippen molar-refractivity contribution in [2.24, 2.45) is 0 Å². The fourth-order valence-corrected chi connectivity index (χ4v) is 2.80. The molecule has 1 heterocycles. The molecule has 1 aromatic heterocycles. The Kier molecular flexibility index (Phi) is 5.59. The number of H-pyrrole nitrogens is 1. The van der Waals surface area contributed by atoms with E-state index in [0.717, 1.165) is 17.8 Å². The van der Waals surface area contributed by atoms with E-state index in [2.05, 4.69) is 15.3 Å². The summed E-state index contributed by atoms with van der Waals surface area (Å²) < 4.78 is 0. The van der Waals surface area contributed by atoms with Crippen LogP contribution >= 0.6 is 11.8 Å². The first-order valence-corrected chi connectivity index (χ1v) is 7.88. The van der Waals surface area contributed by atoms with Gasteiger partial charge in [-0.2, -0.15) is 4.98 Å². The molecule has 126 valence electrons. The molecule has 0 radical (unpaired) electrons. The second-order valence-corrected chi connectivity index (χ2v) is 5.99. The fraction of sp³-hybridized carbons (Fsp3) is 0.200. The summed E-state index contributed by atoms with van der Waals surface area (Å²) in [6.07, 6.45) is 0.439. The van der Waals surface area contributed by atoms with Gasteiger partial charge in [0, 0.05) is 5.69 Å². The number of hydrogen-bond donors (Lipinski definition) is 4. The second kappa shape index (κ2) is 7.64. The summed E-state index contributed by atoms with van der Waals surface area (Å²) in [7, 11) is 0. The van der Waals surface area contributed by atoms with Crippen molar-refractivity contribution in [3.8, 4) is 5.88 Å². The zero-order chi connectivity index (χ0) is 17.7. The molecule has 9 heteroatoms. The Bertz CT molecular complexity index is 821. The molecule has 0 aliphatic rings. The number of carbonyl (C=O) groups is 2. The molecule has 0 saturated heterocycles. The number of rotatable bonds is 6. The highest BCUT2D eigenvalue weighted by Gasteiger charge is 2.20. The maximum Gasteiger partial charge on any atom is 0.335 e. The molecule has 0 aliphatic carbocycles. The monoisotopic (exact) mass is 349 g/mol. The van der Waals surface area contributed by atoms with Gasteiger partial charge < -0.3 is 20.5 Å². The molecule has 2 aromatic rings. The van der Waals surface area contributed by atoms with Gasteiger partial charge in [0.15, 0.2) is 5.16 Å². The first-order chi connectivity index (χ1) is 11.4. The Morgan fingerprint density at radius 1 is 1.38 bits per heavy atom. The van der Waals surface area contributed by atoms with Crippen LogP contribution in [0.5, 0.6) is 5.88 Å². The minimum absolute atomic E-state index is 0.0625. The smallest absolute Gasteiger partial charge is 0.335 e. The molecule has 0 bridgehead atoms. The molecule has 4 N–H and O–H groups in total. The molecule has 0 saturated carbocycles. The number of thioether (sulfide) groups is 1. The van der Waals surface area contributed by atoms with Gasteiger partial charge in [-0.1, -0.05) is 24.8 Å². The van der Waals surface area contributed by atoms with E-state index in [9.17, 15) is 19.5 Å². The van der Waals surface area contributed by atoms with E-state index in [1.807, 2.05) is 0 Å². The average molecular weight is 349 g/mol. The van der Waals surface area contributed by atoms with Gasteiger partial charge in [-0.25, -0.2) is 4.79 Å². The van der Waals surface area contributed by atoms with E-state index >= 15 is 0 Å². The van der Waals surface area contributed by atoms with Crippen LogP contribution in [0.4, 0.5) is 5.69 Å². The quantitative estimate of drug-likeness (QED) is 0.461. The summed E-state index contributed by atoms with van der Waals surface area (Å²) >= 11 is 1.000. The first-order valence-electron chi connectivity index (χ1n) is 7.00. The van der Waals surface area contributed by atoms with Crippen LogP contribution in [0.25, 0.3) is 0 Å². The maximum atomic E-state index is 12.3. The molecule has 1 amide bonds. The lowest BCUT2D eigenvalue weighted by molar-refractivity contribution is -0.115. The van der Waals surface area contributed by atoms with Crippen LogP contribution in [-0.4, -0.2) is 37.3 Å². The van der Waals surface area contributed by atoms with Gasteiger partial charge in [-0.05, 0) is 24.6 Å². The number of nitrogens with one attached hydrogen (secondary N) is 2. The van der Waals surface area contributed by atoms with Crippen molar-refractivity contribution in [1.82, 2.24) is 9.97 Å². The summed E-state index contributed by atoms with van der Waals surface area (Å²) in [5.41, 5.74) is -0.0989. The SMILES string of the molecule is CCC(Sc1nc(O)cc(=O)[nH]1)C(=O)Nc1cccc(C(=O)O)c1. The number of nitrogens with zero attached hydrogens (tertiary/aromatic N) is 1. The number of aromatic carboxylic acids is 1. The minimum atomic E-state index is -1.09. The lowest BCUT2D eigenvalue weighted by Crippen LogP contribution is -2.25. The molecule has 0 aliphatic heterocycles. The van der Waals surface area contributed by atoms with Gasteiger partial charge in [0.25, 0.3) is 5.56 Å². The zero-order valence-electron chi connectivity index (χ0n) is 12.6. The second-order valence-electron chi connectivity index (χ2n) is 4.80. The Morgan fingerprint density at radius 3 is 2.75 bits per heavy atom. The molecule has 8 nitrogen and oxygen atoms in total. The predicted octanol–water partition coefficient (Wildman–Crippen LogP) is 1.68. The van der Waals surface area contributed by atoms with E-state index < -0.39 is 22.7 Å². The number of hydrogen-bond acceptors (Lipinski definition) is 6. The Balaban J connectivity index is 2.12. The zero-order valence-corrected chi connectivity index (χ0v) is 13.5. The van der Waals surface area contributed by atoms with Gasteiger partial charge in [-0.3, -0.25) is 9.59 Å². The first kappa shape index (κ1) is 17.5. The summed E-state index contributed by atoms with van der Waals surface area (Å²) in [5, 5.41) is 20.5. The molecular weight excluding hydrogens is 334 g/mol. The normalized spacial score (nSPS) is 11.7. The van der Waals surface area contributed by atoms with Crippen molar-refractivity contribution in [2.45, 2.75) is 23.8 Å². The van der Waals surface area contributed by atoms with Crippen molar-refractivity contribution in [1.29, 1.82) is 0 Å². The molecule has 0 fully saturated rings. The Morgan fingerprint density at radius 2 is 2.12 bits per heavy atom. The molecule has 2 rings (SSSR count). The van der Waals surface area contributed by atoms with Crippen LogP contribution in [-0.2, 0) is 4.79 Å². The molecule has 1 atom stereocenters. The number of aromatic nitrogens is 2. The van der Waals surface area contributed by atoms with Crippen molar-refractivity contribution < 1.29 is 19.8 Å². The number of benzene rings is 1. The summed E-state index contributed by atoms with van der Waals surface area (Å²) in [6, 6.07) is 6.82. The van der Waals surface area contributed by atoms with Crippen molar-refractivity contribution in [3.63, 3.8) is 0 Å². The highest BCUT2D eigenvalue weighted by atomic mass is 32.2. The van der Waals surface area contributed by atoms with Crippen LogP contribution in [0.1, 0.15) is 23.7 Å². The van der Waals surface area contributed by atoms with Gasteiger partial charge in [0.05, 0.1) is 16.9 Å². The molecular formula is C15H15N3O5S. The molecule has 0 spiro atoms. The van der Waals surface area contributed by atoms with Crippen molar-refractivity contribution in [2.75, 3.05) is 5.32 Å². The van der Waals surface area contributed by atoms with E-state index in [0.29, 0.717) is 12.1 Å². The number of carboxylic acids is 1. The van der Waals surface area contributed by atoms with Gasteiger partial charge in [-0.15, -0.1) is 0 Å². The maximum absolute atomic E-state index is 12.3. The summed E-state index contributed by atoms with van der Waals surface area (Å²) in [6.45, 7) is 1.78. The van der Waals surface area contributed by atoms with E-state index in [4.69, 9.17) is 5.11 Å². The Labute approximate surface area is 140 Å². The molecule has 1 unspecified atom stereocenters. The van der Waals surface area contributed by atoms with Crippen LogP contribution < -0.4 is 10.9 Å². The topological polar surface area (TPSA) is 132 Å². The van der Waals surface area contributed by atoms with Gasteiger partial charge in [0.2, 0.25) is 11.8 Å². The highest BCUT2D eigenvalue weighted by molar-refractivity contribution is 8.00. The number of aromatic hydroxyl groups is 1. The largest absolute Gasteiger partial charge is 0.493 e. The van der Waals surface area contributed by atoms with Gasteiger partial charge >= 0.3 is 5.97 Å². The van der Waals surface area contributed by atoms with E-state index in [-0.39, 0.29) is 16.6 Å². The summed E-state index contributed by atoms with van der Waals surface area (Å²) in [5.74, 6) is -1.88. The number of carbonyl (C=O) groups excluding carboxylic acids is 1. The van der Waals surface area contributed by atoms with Crippen LogP contribution in [0, 0.1) is 0 Å². The van der Waals surface area contributed by atoms with E-state index in [1.165, 1.54) is 18.2 Å². The Hall–Kier alpha value is -2.81. The third-order valence-electron chi connectivity index (χ3n) is 3.00. The van der Waals surface area contributed by atoms with Gasteiger partial charge in [0.1, 0.15) is 0 Å². The minimum Gasteiger partial charge on any atom is -0.493 e. The third kappa shape index (κ3) is 4.59. The average Bonchev–Trinajstić information content (AvgIpc) is 2.51. The van der Waals surface area contributed by atoms with Crippen LogP contribution in [0.15, 0.2) is 40.3 Å². The van der Waals surface area contributed by atoms with Crippen molar-refractivity contribution >= 4 is 29.3 Å². The standard InChI is InChI=1S/C15H15N3O5S/c1-2-10(24-15-17-11(19)7-12(20)18-15)13(21)16-9-5-3-4-8(6-9)14(22)23/h3-7,10H,2H2,1H3,(H,16,21)(H,22,23)(H2,17,18,19,20). The highest BCUT2D eigenvalue weighted by Crippen LogP contribution is 2.24. The lowest BCUT2D eigenvalue weighted by Gasteiger charge is -2.14. The predicted molar refractivity (Wildman–Crippen MR) is 88.5 cm³/mol. The lowest BCUT2D eigenvalue weighted by atomic mass is 10.2. The number of aromatic amines is 1. The van der Waals surface area contributed by atoms with Crippen LogP contribution in [0.2, 0.25) is 0 Å². The fourth-order valence-electron chi connectivity index (χ4n) is 1.89. The van der Waals surface area contributed by atoms with Crippen molar-refractivity contribution in [3.05, 3.63) is 46.2 Å². The molecule has 24 heavy (non-hydrogen) atoms. The number of anilines is 1. The summed E-state index contributed by atoms with van der Waals surface area (Å²) in [4.78, 5) is 40.8. The third-order valence-corrected chi connectivity index (χ3v) is 4.25. The van der Waals surface area contributed by atoms with Crippen LogP contribution in [0.3, 0.4) is 0 Å².